The molecule has 1 aromatic rings. The summed E-state index contributed by atoms with van der Waals surface area (Å²) in [6, 6.07) is 5.92. The Labute approximate surface area is 263 Å². The number of rotatable bonds is 15. The number of carbonyl (C=O) groups excluding carboxylic acids is 3. The molecular weight excluding hydrogens is 562 g/mol. The molecule has 1 aliphatic carbocycles. The maximum atomic E-state index is 14.2. The highest BCUT2D eigenvalue weighted by Gasteiger charge is 2.43. The molecule has 1 heterocycles. The van der Waals surface area contributed by atoms with Crippen LogP contribution in [0.5, 0.6) is 5.75 Å². The van der Waals surface area contributed by atoms with E-state index in [4.69, 9.17) is 14.2 Å². The van der Waals surface area contributed by atoms with E-state index in [1.54, 1.807) is 35.0 Å². The highest BCUT2D eigenvalue weighted by molar-refractivity contribution is 5.84. The Morgan fingerprint density at radius 2 is 1.73 bits per heavy atom. The van der Waals surface area contributed by atoms with E-state index in [0.717, 1.165) is 55.6 Å². The third kappa shape index (κ3) is 11.3. The largest absolute Gasteiger partial charge is 0.497 e. The van der Waals surface area contributed by atoms with Crippen LogP contribution in [0.2, 0.25) is 0 Å². The monoisotopic (exact) mass is 617 g/mol. The summed E-state index contributed by atoms with van der Waals surface area (Å²) >= 11 is 0. The number of unbranched alkanes of at least 4 members (excludes halogenated alkanes) is 1. The average molecular weight is 618 g/mol. The van der Waals surface area contributed by atoms with Gasteiger partial charge < -0.3 is 34.4 Å². The summed E-state index contributed by atoms with van der Waals surface area (Å²) in [5, 5.41) is 12.8. The number of piperidine rings is 1. The number of hydrogen-bond donors (Lipinski definition) is 2. The Morgan fingerprint density at radius 1 is 1.05 bits per heavy atom. The minimum absolute atomic E-state index is 0.0519. The van der Waals surface area contributed by atoms with E-state index < -0.39 is 23.5 Å². The molecule has 44 heavy (non-hydrogen) atoms. The van der Waals surface area contributed by atoms with Crippen LogP contribution in [0.1, 0.15) is 84.3 Å². The van der Waals surface area contributed by atoms with Gasteiger partial charge in [0.1, 0.15) is 11.4 Å². The van der Waals surface area contributed by atoms with Gasteiger partial charge in [-0.05, 0) is 94.9 Å². The van der Waals surface area contributed by atoms with Gasteiger partial charge in [-0.1, -0.05) is 19.9 Å². The Balaban J connectivity index is 1.82. The molecule has 0 bridgehead atoms. The molecule has 1 saturated carbocycles. The van der Waals surface area contributed by atoms with Crippen molar-refractivity contribution in [3.05, 3.63) is 29.3 Å². The summed E-state index contributed by atoms with van der Waals surface area (Å²) in [7, 11) is 3.36. The highest BCUT2D eigenvalue weighted by atomic mass is 16.6. The fraction of sp³-hybridized carbons (Fsp3) is 0.735. The standard InChI is InChI=1S/C34H55N3O7/c1-23(2)14-28(22-38)35-31(39)26-18-27(21-36(20-26)33(41)44-34(3,4)5)32(40)37(29-11-12-29)19-25-15-24(10-8-9-13-42-6)16-30(17-25)43-7/h15-17,23,26-29,38H,8-14,18-22H2,1-7H3,(H,35,39)/t26-,27+,28?/m0/s1. The van der Waals surface area contributed by atoms with Crippen LogP contribution in [0.25, 0.3) is 0 Å². The van der Waals surface area contributed by atoms with Crippen LogP contribution in [0.3, 0.4) is 0 Å². The number of carbonyl (C=O) groups is 3. The number of hydrogen-bond acceptors (Lipinski definition) is 7. The van der Waals surface area contributed by atoms with Crippen LogP contribution in [0.15, 0.2) is 18.2 Å². The van der Waals surface area contributed by atoms with Crippen molar-refractivity contribution in [1.82, 2.24) is 15.1 Å². The maximum absolute atomic E-state index is 14.2. The number of aliphatic hydroxyl groups is 1. The summed E-state index contributed by atoms with van der Waals surface area (Å²) in [4.78, 5) is 44.3. The number of benzene rings is 1. The second kappa shape index (κ2) is 16.5. The molecule has 1 unspecified atom stereocenters. The molecule has 0 aromatic heterocycles. The van der Waals surface area contributed by atoms with Crippen LogP contribution in [0, 0.1) is 17.8 Å². The fourth-order valence-electron chi connectivity index (χ4n) is 5.87. The zero-order valence-corrected chi connectivity index (χ0v) is 27.9. The van der Waals surface area contributed by atoms with Gasteiger partial charge in [0.25, 0.3) is 0 Å². The van der Waals surface area contributed by atoms with Crippen molar-refractivity contribution < 1.29 is 33.7 Å². The molecule has 3 atom stereocenters. The lowest BCUT2D eigenvalue weighted by Gasteiger charge is -2.39. The van der Waals surface area contributed by atoms with E-state index >= 15 is 0 Å². The molecule has 1 aromatic carbocycles. The van der Waals surface area contributed by atoms with Crippen molar-refractivity contribution in [3.63, 3.8) is 0 Å². The summed E-state index contributed by atoms with van der Waals surface area (Å²) in [5.41, 5.74) is 1.45. The van der Waals surface area contributed by atoms with Crippen molar-refractivity contribution in [1.29, 1.82) is 0 Å². The Kier molecular flexibility index (Phi) is 13.3. The SMILES string of the molecule is COCCCCc1cc(CN(C(=O)[C@@H]2C[C@H](C(=O)NC(CO)CC(C)C)CN(C(=O)OC(C)(C)C)C2)C2CC2)cc(OC)c1. The molecule has 3 amide bonds. The number of amides is 3. The van der Waals surface area contributed by atoms with Crippen LogP contribution < -0.4 is 10.1 Å². The van der Waals surface area contributed by atoms with E-state index in [1.165, 1.54) is 4.90 Å². The topological polar surface area (TPSA) is 118 Å². The van der Waals surface area contributed by atoms with Gasteiger partial charge in [-0.15, -0.1) is 0 Å². The maximum Gasteiger partial charge on any atom is 0.410 e. The summed E-state index contributed by atoms with van der Waals surface area (Å²) in [6.07, 6.45) is 5.15. The zero-order chi connectivity index (χ0) is 32.4. The first kappa shape index (κ1) is 35.6. The number of ether oxygens (including phenoxy) is 3. The molecule has 10 nitrogen and oxygen atoms in total. The molecule has 2 fully saturated rings. The number of aryl methyl sites for hydroxylation is 1. The predicted octanol–water partition coefficient (Wildman–Crippen LogP) is 4.55. The van der Waals surface area contributed by atoms with E-state index in [0.29, 0.717) is 25.3 Å². The lowest BCUT2D eigenvalue weighted by Crippen LogP contribution is -2.54. The Morgan fingerprint density at radius 3 is 2.32 bits per heavy atom. The smallest absolute Gasteiger partial charge is 0.410 e. The minimum Gasteiger partial charge on any atom is -0.497 e. The van der Waals surface area contributed by atoms with Crippen LogP contribution in [0.4, 0.5) is 4.79 Å². The van der Waals surface area contributed by atoms with Gasteiger partial charge in [0.15, 0.2) is 0 Å². The quantitative estimate of drug-likeness (QED) is 0.277. The minimum atomic E-state index is -0.710. The summed E-state index contributed by atoms with van der Waals surface area (Å²) in [6.45, 7) is 10.8. The molecule has 1 saturated heterocycles. The zero-order valence-electron chi connectivity index (χ0n) is 27.9. The second-order valence-electron chi connectivity index (χ2n) is 13.9. The van der Waals surface area contributed by atoms with E-state index in [1.807, 2.05) is 30.9 Å². The number of nitrogens with one attached hydrogen (secondary N) is 1. The second-order valence-corrected chi connectivity index (χ2v) is 13.9. The van der Waals surface area contributed by atoms with Crippen molar-refractivity contribution in [2.45, 2.75) is 104 Å². The van der Waals surface area contributed by atoms with Crippen molar-refractivity contribution in [2.24, 2.45) is 17.8 Å². The van der Waals surface area contributed by atoms with E-state index in [-0.39, 0.29) is 43.6 Å². The Hall–Kier alpha value is -2.85. The molecule has 0 spiro atoms. The number of methoxy groups -OCH3 is 2. The number of likely N-dealkylation sites (tertiary alicyclic amines) is 1. The first-order valence-electron chi connectivity index (χ1n) is 16.2. The highest BCUT2D eigenvalue weighted by Crippen LogP contribution is 2.34. The van der Waals surface area contributed by atoms with Crippen molar-refractivity contribution in [3.8, 4) is 5.75 Å². The molecule has 0 radical (unpaired) electrons. The molecule has 248 valence electrons. The predicted molar refractivity (Wildman–Crippen MR) is 169 cm³/mol. The van der Waals surface area contributed by atoms with Gasteiger partial charge in [0.05, 0.1) is 31.6 Å². The first-order chi connectivity index (χ1) is 20.8. The molecule has 2 aliphatic rings. The third-order valence-electron chi connectivity index (χ3n) is 8.09. The van der Waals surface area contributed by atoms with Gasteiger partial charge in [-0.3, -0.25) is 9.59 Å². The molecule has 2 N–H and O–H groups in total. The van der Waals surface area contributed by atoms with Crippen molar-refractivity contribution >= 4 is 17.9 Å². The average Bonchev–Trinajstić information content (AvgIpc) is 3.81. The molecule has 10 heteroatoms. The van der Waals surface area contributed by atoms with E-state index in [9.17, 15) is 19.5 Å². The number of nitrogens with zero attached hydrogens (tertiary/aromatic N) is 2. The first-order valence-corrected chi connectivity index (χ1v) is 16.2. The van der Waals surface area contributed by atoms with Gasteiger partial charge >= 0.3 is 6.09 Å². The van der Waals surface area contributed by atoms with Crippen LogP contribution in [-0.4, -0.2) is 91.0 Å². The van der Waals surface area contributed by atoms with Gasteiger partial charge in [0.2, 0.25) is 11.8 Å². The normalized spacial score (nSPS) is 19.4. The van der Waals surface area contributed by atoms with Gasteiger partial charge in [0, 0.05) is 39.4 Å². The van der Waals surface area contributed by atoms with Gasteiger partial charge in [-0.25, -0.2) is 4.79 Å². The van der Waals surface area contributed by atoms with Crippen molar-refractivity contribution in [2.75, 3.05) is 40.5 Å². The summed E-state index contributed by atoms with van der Waals surface area (Å²) in [5.74, 6) is -0.394. The summed E-state index contributed by atoms with van der Waals surface area (Å²) < 4.78 is 16.4. The molecule has 1 aliphatic heterocycles. The lowest BCUT2D eigenvalue weighted by molar-refractivity contribution is -0.140. The Bertz CT molecular complexity index is 1100. The van der Waals surface area contributed by atoms with Crippen LogP contribution >= 0.6 is 0 Å². The van der Waals surface area contributed by atoms with Gasteiger partial charge in [-0.2, -0.15) is 0 Å². The number of aliphatic hydroxyl groups excluding tert-OH is 1. The molecule has 3 rings (SSSR count). The fourth-order valence-corrected chi connectivity index (χ4v) is 5.87. The third-order valence-corrected chi connectivity index (χ3v) is 8.09. The van der Waals surface area contributed by atoms with E-state index in [2.05, 4.69) is 11.4 Å². The lowest BCUT2D eigenvalue weighted by atomic mass is 9.87. The molecular formula is C34H55N3O7. The van der Waals surface area contributed by atoms with Crippen LogP contribution in [-0.2, 0) is 32.0 Å².